The van der Waals surface area contributed by atoms with E-state index in [0.29, 0.717) is 17.2 Å². The fourth-order valence-corrected chi connectivity index (χ4v) is 1.59. The van der Waals surface area contributed by atoms with Crippen molar-refractivity contribution < 1.29 is 13.9 Å². The second kappa shape index (κ2) is 4.96. The number of hydrogen-bond acceptors (Lipinski definition) is 3. The van der Waals surface area contributed by atoms with Crippen molar-refractivity contribution in [1.29, 1.82) is 0 Å². The minimum atomic E-state index is -0.491. The maximum absolute atomic E-state index is 13.6. The molecule has 2 aromatic carbocycles. The zero-order valence-electron chi connectivity index (χ0n) is 10.2. The van der Waals surface area contributed by atoms with Crippen LogP contribution >= 0.6 is 0 Å². The van der Waals surface area contributed by atoms with Gasteiger partial charge in [0.05, 0.1) is 7.11 Å². The third-order valence-electron chi connectivity index (χ3n) is 2.56. The highest BCUT2D eigenvalue weighted by atomic mass is 19.1. The van der Waals surface area contributed by atoms with Crippen LogP contribution in [-0.4, -0.2) is 7.11 Å². The summed E-state index contributed by atoms with van der Waals surface area (Å²) in [6, 6.07) is 9.63. The summed E-state index contributed by atoms with van der Waals surface area (Å²) in [6.45, 7) is 1.92. The number of rotatable bonds is 3. The molecule has 2 rings (SSSR count). The Morgan fingerprint density at radius 1 is 1.06 bits per heavy atom. The Balaban J connectivity index is 2.28. The largest absolute Gasteiger partial charge is 0.496 e. The van der Waals surface area contributed by atoms with Gasteiger partial charge in [-0.1, -0.05) is 6.07 Å². The van der Waals surface area contributed by atoms with Crippen molar-refractivity contribution in [3.8, 4) is 17.2 Å². The maximum atomic E-state index is 13.6. The Morgan fingerprint density at radius 3 is 2.50 bits per heavy atom. The molecule has 18 heavy (non-hydrogen) atoms. The van der Waals surface area contributed by atoms with Gasteiger partial charge in [0.1, 0.15) is 11.5 Å². The molecule has 0 bridgehead atoms. The summed E-state index contributed by atoms with van der Waals surface area (Å²) >= 11 is 0. The molecule has 0 heterocycles. The van der Waals surface area contributed by atoms with E-state index < -0.39 is 5.82 Å². The Labute approximate surface area is 105 Å². The van der Waals surface area contributed by atoms with Crippen LogP contribution in [0.2, 0.25) is 0 Å². The fourth-order valence-electron chi connectivity index (χ4n) is 1.59. The first kappa shape index (κ1) is 12.2. The van der Waals surface area contributed by atoms with Crippen LogP contribution in [-0.2, 0) is 0 Å². The van der Waals surface area contributed by atoms with Gasteiger partial charge in [-0.15, -0.1) is 0 Å². The number of nitrogens with two attached hydrogens (primary N) is 1. The molecule has 0 aromatic heterocycles. The van der Waals surface area contributed by atoms with E-state index >= 15 is 0 Å². The number of ether oxygens (including phenoxy) is 2. The molecule has 0 aliphatic heterocycles. The summed E-state index contributed by atoms with van der Waals surface area (Å²) in [5, 5.41) is 0. The van der Waals surface area contributed by atoms with E-state index in [4.69, 9.17) is 15.2 Å². The lowest BCUT2D eigenvalue weighted by molar-refractivity contribution is 0.402. The molecule has 0 unspecified atom stereocenters. The predicted octanol–water partition coefficient (Wildman–Crippen LogP) is 3.52. The fraction of sp³-hybridized carbons (Fsp3) is 0.143. The highest BCUT2D eigenvalue weighted by molar-refractivity contribution is 5.46. The first-order chi connectivity index (χ1) is 8.60. The number of methoxy groups -OCH3 is 1. The molecule has 0 aliphatic rings. The highest BCUT2D eigenvalue weighted by Gasteiger charge is 2.07. The minimum Gasteiger partial charge on any atom is -0.496 e. The number of nitrogen functional groups attached to an aromatic ring is 1. The van der Waals surface area contributed by atoms with Crippen LogP contribution in [0.25, 0.3) is 0 Å². The van der Waals surface area contributed by atoms with Gasteiger partial charge in [0.15, 0.2) is 11.6 Å². The summed E-state index contributed by atoms with van der Waals surface area (Å²) in [5.74, 6) is 0.856. The van der Waals surface area contributed by atoms with Crippen molar-refractivity contribution in [2.45, 2.75) is 6.92 Å². The van der Waals surface area contributed by atoms with Gasteiger partial charge in [0.25, 0.3) is 0 Å². The molecule has 2 N–H and O–H groups in total. The summed E-state index contributed by atoms with van der Waals surface area (Å²) in [4.78, 5) is 0. The molecule has 0 spiro atoms. The molecule has 0 radical (unpaired) electrons. The van der Waals surface area contributed by atoms with E-state index in [0.717, 1.165) is 5.56 Å². The molecule has 0 fully saturated rings. The van der Waals surface area contributed by atoms with Crippen LogP contribution in [0.5, 0.6) is 17.2 Å². The average Bonchev–Trinajstić information content (AvgIpc) is 2.35. The normalized spacial score (nSPS) is 10.2. The average molecular weight is 247 g/mol. The highest BCUT2D eigenvalue weighted by Crippen LogP contribution is 2.29. The van der Waals surface area contributed by atoms with Crippen LogP contribution in [0, 0.1) is 12.7 Å². The van der Waals surface area contributed by atoms with Crippen LogP contribution in [0.3, 0.4) is 0 Å². The Kier molecular flexibility index (Phi) is 3.37. The molecular weight excluding hydrogens is 233 g/mol. The lowest BCUT2D eigenvalue weighted by Gasteiger charge is -2.10. The van der Waals surface area contributed by atoms with Gasteiger partial charge in [-0.3, -0.25) is 0 Å². The summed E-state index contributed by atoms with van der Waals surface area (Å²) in [7, 11) is 1.58. The third-order valence-corrected chi connectivity index (χ3v) is 2.56. The monoisotopic (exact) mass is 247 g/mol. The van der Waals surface area contributed by atoms with Crippen molar-refractivity contribution >= 4 is 5.69 Å². The Bertz CT molecular complexity index is 570. The van der Waals surface area contributed by atoms with Crippen molar-refractivity contribution in [2.24, 2.45) is 0 Å². The van der Waals surface area contributed by atoms with E-state index in [9.17, 15) is 4.39 Å². The molecular formula is C14H14FNO2. The van der Waals surface area contributed by atoms with E-state index in [1.165, 1.54) is 12.1 Å². The van der Waals surface area contributed by atoms with Crippen LogP contribution in [0.15, 0.2) is 36.4 Å². The van der Waals surface area contributed by atoms with Crippen molar-refractivity contribution in [3.05, 3.63) is 47.8 Å². The molecule has 2 aromatic rings. The molecule has 0 atom stereocenters. The second-order valence-electron chi connectivity index (χ2n) is 3.92. The number of hydrogen-bond donors (Lipinski definition) is 1. The number of aryl methyl sites for hydroxylation is 1. The minimum absolute atomic E-state index is 0.134. The molecule has 0 aliphatic carbocycles. The molecule has 0 amide bonds. The maximum Gasteiger partial charge on any atom is 0.167 e. The van der Waals surface area contributed by atoms with Crippen molar-refractivity contribution in [3.63, 3.8) is 0 Å². The topological polar surface area (TPSA) is 44.5 Å². The van der Waals surface area contributed by atoms with E-state index in [2.05, 4.69) is 0 Å². The summed E-state index contributed by atoms with van der Waals surface area (Å²) in [6.07, 6.45) is 0. The van der Waals surface area contributed by atoms with Crippen molar-refractivity contribution in [2.75, 3.05) is 12.8 Å². The molecule has 4 heteroatoms. The lowest BCUT2D eigenvalue weighted by Crippen LogP contribution is -1.93. The number of benzene rings is 2. The Morgan fingerprint density at radius 2 is 1.83 bits per heavy atom. The van der Waals surface area contributed by atoms with Crippen LogP contribution in [0.1, 0.15) is 5.56 Å². The van der Waals surface area contributed by atoms with Gasteiger partial charge in [0, 0.05) is 17.8 Å². The van der Waals surface area contributed by atoms with E-state index in [1.807, 2.05) is 13.0 Å². The first-order valence-corrected chi connectivity index (χ1v) is 5.47. The van der Waals surface area contributed by atoms with E-state index in [-0.39, 0.29) is 5.75 Å². The zero-order valence-corrected chi connectivity index (χ0v) is 10.2. The van der Waals surface area contributed by atoms with Gasteiger partial charge < -0.3 is 15.2 Å². The third kappa shape index (κ3) is 2.53. The quantitative estimate of drug-likeness (QED) is 0.844. The molecule has 0 saturated carbocycles. The molecule has 3 nitrogen and oxygen atoms in total. The predicted molar refractivity (Wildman–Crippen MR) is 68.6 cm³/mol. The SMILES string of the molecule is COc1cc(Oc2ccc(N)cc2F)ccc1C. The first-order valence-electron chi connectivity index (χ1n) is 5.47. The Hall–Kier alpha value is -2.23. The summed E-state index contributed by atoms with van der Waals surface area (Å²) < 4.78 is 24.2. The molecule has 0 saturated heterocycles. The van der Waals surface area contributed by atoms with Gasteiger partial charge in [-0.25, -0.2) is 4.39 Å². The van der Waals surface area contributed by atoms with Crippen molar-refractivity contribution in [1.82, 2.24) is 0 Å². The van der Waals surface area contributed by atoms with Gasteiger partial charge in [-0.05, 0) is 30.7 Å². The van der Waals surface area contributed by atoms with Gasteiger partial charge >= 0.3 is 0 Å². The smallest absolute Gasteiger partial charge is 0.167 e. The van der Waals surface area contributed by atoms with Gasteiger partial charge in [0.2, 0.25) is 0 Å². The lowest BCUT2D eigenvalue weighted by atomic mass is 10.2. The number of anilines is 1. The van der Waals surface area contributed by atoms with E-state index in [1.54, 1.807) is 25.3 Å². The van der Waals surface area contributed by atoms with Gasteiger partial charge in [-0.2, -0.15) is 0 Å². The zero-order chi connectivity index (χ0) is 13.1. The molecule has 94 valence electrons. The standard InChI is InChI=1S/C14H14FNO2/c1-9-3-5-11(8-14(9)17-2)18-13-6-4-10(16)7-12(13)15/h3-8H,16H2,1-2H3. The number of halogens is 1. The second-order valence-corrected chi connectivity index (χ2v) is 3.92. The van der Waals surface area contributed by atoms with Crippen LogP contribution < -0.4 is 15.2 Å². The summed E-state index contributed by atoms with van der Waals surface area (Å²) in [5.41, 5.74) is 6.82. The van der Waals surface area contributed by atoms with Crippen LogP contribution in [0.4, 0.5) is 10.1 Å².